The van der Waals surface area contributed by atoms with Gasteiger partial charge in [-0.25, -0.2) is 4.39 Å². The predicted octanol–water partition coefficient (Wildman–Crippen LogP) is 0.719. The van der Waals surface area contributed by atoms with E-state index in [1.807, 2.05) is 0 Å². The highest BCUT2D eigenvalue weighted by Gasteiger charge is 2.14. The van der Waals surface area contributed by atoms with Crippen molar-refractivity contribution in [2.45, 2.75) is 18.9 Å². The van der Waals surface area contributed by atoms with Crippen LogP contribution in [0.5, 0.6) is 0 Å². The Morgan fingerprint density at radius 2 is 2.32 bits per heavy atom. The van der Waals surface area contributed by atoms with Gasteiger partial charge in [0.15, 0.2) is 5.82 Å². The summed E-state index contributed by atoms with van der Waals surface area (Å²) < 4.78 is 18.9. The van der Waals surface area contributed by atoms with Crippen molar-refractivity contribution in [1.29, 1.82) is 0 Å². The fraction of sp³-hybridized carbons (Fsp3) is 0.538. The van der Waals surface area contributed by atoms with E-state index in [9.17, 15) is 9.18 Å². The number of halogens is 1. The lowest BCUT2D eigenvalue weighted by molar-refractivity contribution is 0.0343. The van der Waals surface area contributed by atoms with Crippen LogP contribution in [-0.4, -0.2) is 43.2 Å². The molecule has 2 heterocycles. The number of pyridine rings is 1. The van der Waals surface area contributed by atoms with Gasteiger partial charge < -0.3 is 15.4 Å². The largest absolute Gasteiger partial charge is 0.376 e. The molecule has 5 nitrogen and oxygen atoms in total. The Morgan fingerprint density at radius 3 is 3.05 bits per heavy atom. The second kappa shape index (κ2) is 7.16. The molecule has 19 heavy (non-hydrogen) atoms. The van der Waals surface area contributed by atoms with Crippen molar-refractivity contribution < 1.29 is 13.9 Å². The van der Waals surface area contributed by atoms with Crippen LogP contribution in [0.25, 0.3) is 0 Å². The topological polar surface area (TPSA) is 63.2 Å². The number of carbonyl (C=O) groups is 1. The van der Waals surface area contributed by atoms with E-state index in [2.05, 4.69) is 15.6 Å². The Morgan fingerprint density at radius 1 is 1.53 bits per heavy atom. The molecule has 1 aromatic heterocycles. The maximum Gasteiger partial charge on any atom is 0.254 e. The molecule has 2 N–H and O–H groups in total. The van der Waals surface area contributed by atoms with Gasteiger partial charge >= 0.3 is 0 Å². The number of hydrogen-bond donors (Lipinski definition) is 2. The van der Waals surface area contributed by atoms with Crippen molar-refractivity contribution in [2.24, 2.45) is 0 Å². The van der Waals surface area contributed by atoms with Gasteiger partial charge in [-0.3, -0.25) is 9.78 Å². The molecule has 0 radical (unpaired) electrons. The molecule has 1 aromatic rings. The molecule has 0 spiro atoms. The number of nitrogens with zero attached hydrogens (tertiary/aromatic N) is 1. The Hall–Kier alpha value is -1.53. The van der Waals surface area contributed by atoms with E-state index in [0.29, 0.717) is 13.2 Å². The van der Waals surface area contributed by atoms with Gasteiger partial charge in [-0.05, 0) is 32.0 Å². The second-order valence-electron chi connectivity index (χ2n) is 4.43. The molecular weight excluding hydrogens is 249 g/mol. The van der Waals surface area contributed by atoms with Crippen LogP contribution in [0.4, 0.5) is 4.39 Å². The van der Waals surface area contributed by atoms with E-state index in [1.165, 1.54) is 12.3 Å². The molecule has 0 aliphatic carbocycles. The van der Waals surface area contributed by atoms with Gasteiger partial charge in [0.2, 0.25) is 0 Å². The average Bonchev–Trinajstić information content (AvgIpc) is 2.45. The summed E-state index contributed by atoms with van der Waals surface area (Å²) in [6.07, 6.45) is 4.67. The predicted molar refractivity (Wildman–Crippen MR) is 68.4 cm³/mol. The smallest absolute Gasteiger partial charge is 0.254 e. The van der Waals surface area contributed by atoms with E-state index in [4.69, 9.17) is 4.74 Å². The van der Waals surface area contributed by atoms with Crippen molar-refractivity contribution in [3.05, 3.63) is 29.8 Å². The highest BCUT2D eigenvalue weighted by molar-refractivity contribution is 5.94. The Balaban J connectivity index is 1.68. The van der Waals surface area contributed by atoms with E-state index in [0.717, 1.165) is 32.1 Å². The van der Waals surface area contributed by atoms with Crippen LogP contribution in [0.1, 0.15) is 23.2 Å². The SMILES string of the molecule is O=C(NCCOC1CCNCC1)c1ccncc1F. The molecule has 1 saturated heterocycles. The van der Waals surface area contributed by atoms with E-state index in [-0.39, 0.29) is 11.7 Å². The van der Waals surface area contributed by atoms with Gasteiger partial charge in [-0.2, -0.15) is 0 Å². The molecular formula is C13H18FN3O2. The standard InChI is InChI=1S/C13H18FN3O2/c14-12-9-16-6-3-11(12)13(18)17-7-8-19-10-1-4-15-5-2-10/h3,6,9-10,15H,1-2,4-5,7-8H2,(H,17,18). The van der Waals surface area contributed by atoms with Crippen LogP contribution >= 0.6 is 0 Å². The quantitative estimate of drug-likeness (QED) is 0.772. The zero-order valence-corrected chi connectivity index (χ0v) is 10.7. The van der Waals surface area contributed by atoms with Crippen LogP contribution < -0.4 is 10.6 Å². The summed E-state index contributed by atoms with van der Waals surface area (Å²) in [5.74, 6) is -1.05. The van der Waals surface area contributed by atoms with Gasteiger partial charge in [0, 0.05) is 12.7 Å². The maximum absolute atomic E-state index is 13.3. The van der Waals surface area contributed by atoms with E-state index in [1.54, 1.807) is 0 Å². The third-order valence-corrected chi connectivity index (χ3v) is 3.04. The molecule has 1 amide bonds. The number of hydrogen-bond acceptors (Lipinski definition) is 4. The first kappa shape index (κ1) is 13.9. The van der Waals surface area contributed by atoms with Crippen LogP contribution in [0.15, 0.2) is 18.5 Å². The minimum atomic E-state index is -0.612. The fourth-order valence-corrected chi connectivity index (χ4v) is 2.01. The normalized spacial score (nSPS) is 16.3. The molecule has 1 aliphatic heterocycles. The van der Waals surface area contributed by atoms with Gasteiger partial charge in [0.25, 0.3) is 5.91 Å². The molecule has 2 rings (SSSR count). The lowest BCUT2D eigenvalue weighted by Gasteiger charge is -2.22. The zero-order chi connectivity index (χ0) is 13.5. The van der Waals surface area contributed by atoms with Gasteiger partial charge in [-0.15, -0.1) is 0 Å². The third-order valence-electron chi connectivity index (χ3n) is 3.04. The highest BCUT2D eigenvalue weighted by Crippen LogP contribution is 2.06. The van der Waals surface area contributed by atoms with Crippen molar-refractivity contribution in [1.82, 2.24) is 15.6 Å². The summed E-state index contributed by atoms with van der Waals surface area (Å²) in [6, 6.07) is 1.36. The Labute approximate surface area is 111 Å². The van der Waals surface area contributed by atoms with Gasteiger partial charge in [0.05, 0.1) is 24.5 Å². The summed E-state index contributed by atoms with van der Waals surface area (Å²) in [5.41, 5.74) is 0.0110. The molecule has 6 heteroatoms. The number of rotatable bonds is 5. The maximum atomic E-state index is 13.3. The van der Waals surface area contributed by atoms with E-state index < -0.39 is 11.7 Å². The summed E-state index contributed by atoms with van der Waals surface area (Å²) in [5, 5.41) is 5.89. The molecule has 0 bridgehead atoms. The lowest BCUT2D eigenvalue weighted by atomic mass is 10.1. The monoisotopic (exact) mass is 267 g/mol. The van der Waals surface area contributed by atoms with Crippen LogP contribution in [0.2, 0.25) is 0 Å². The number of ether oxygens (including phenoxy) is 1. The summed E-state index contributed by atoms with van der Waals surface area (Å²) in [7, 11) is 0. The van der Waals surface area contributed by atoms with Crippen LogP contribution in [-0.2, 0) is 4.74 Å². The number of carbonyl (C=O) groups excluding carboxylic acids is 1. The van der Waals surface area contributed by atoms with Crippen LogP contribution in [0, 0.1) is 5.82 Å². The first-order valence-electron chi connectivity index (χ1n) is 6.47. The molecule has 1 aliphatic rings. The van der Waals surface area contributed by atoms with Crippen molar-refractivity contribution in [3.8, 4) is 0 Å². The highest BCUT2D eigenvalue weighted by atomic mass is 19.1. The van der Waals surface area contributed by atoms with Crippen molar-refractivity contribution in [3.63, 3.8) is 0 Å². The first-order chi connectivity index (χ1) is 9.27. The summed E-state index contributed by atoms with van der Waals surface area (Å²) >= 11 is 0. The van der Waals surface area contributed by atoms with E-state index >= 15 is 0 Å². The number of aromatic nitrogens is 1. The lowest BCUT2D eigenvalue weighted by Crippen LogP contribution is -2.35. The van der Waals surface area contributed by atoms with Crippen LogP contribution in [0.3, 0.4) is 0 Å². The number of nitrogens with one attached hydrogen (secondary N) is 2. The molecule has 0 unspecified atom stereocenters. The fourth-order valence-electron chi connectivity index (χ4n) is 2.01. The zero-order valence-electron chi connectivity index (χ0n) is 10.7. The number of amides is 1. The molecule has 0 saturated carbocycles. The second-order valence-corrected chi connectivity index (χ2v) is 4.43. The molecule has 0 atom stereocenters. The summed E-state index contributed by atoms with van der Waals surface area (Å²) in [6.45, 7) is 2.77. The third kappa shape index (κ3) is 4.25. The Bertz CT molecular complexity index is 422. The minimum Gasteiger partial charge on any atom is -0.376 e. The average molecular weight is 267 g/mol. The summed E-state index contributed by atoms with van der Waals surface area (Å²) in [4.78, 5) is 15.3. The first-order valence-corrected chi connectivity index (χ1v) is 6.47. The Kier molecular flexibility index (Phi) is 5.23. The van der Waals surface area contributed by atoms with Gasteiger partial charge in [0.1, 0.15) is 0 Å². The van der Waals surface area contributed by atoms with Crippen molar-refractivity contribution in [2.75, 3.05) is 26.2 Å². The minimum absolute atomic E-state index is 0.0110. The van der Waals surface area contributed by atoms with Gasteiger partial charge in [-0.1, -0.05) is 0 Å². The van der Waals surface area contributed by atoms with Crippen molar-refractivity contribution >= 4 is 5.91 Å². The molecule has 1 fully saturated rings. The molecule has 0 aromatic carbocycles. The number of piperidine rings is 1. The molecule has 104 valence electrons.